The van der Waals surface area contributed by atoms with Crippen LogP contribution in [0.2, 0.25) is 24.7 Å². The van der Waals surface area contributed by atoms with Gasteiger partial charge in [-0.25, -0.2) is 0 Å². The van der Waals surface area contributed by atoms with Crippen LogP contribution in [-0.2, 0) is 0 Å². The van der Waals surface area contributed by atoms with Crippen LogP contribution in [0, 0.1) is 0 Å². The van der Waals surface area contributed by atoms with Crippen LogP contribution in [0.4, 0.5) is 0 Å². The molecule has 0 aliphatic carbocycles. The summed E-state index contributed by atoms with van der Waals surface area (Å²) in [6, 6.07) is 4.87. The molecule has 0 N–H and O–H groups in total. The summed E-state index contributed by atoms with van der Waals surface area (Å²) in [6.07, 6.45) is 23.5. The van der Waals surface area contributed by atoms with Gasteiger partial charge in [0.2, 0.25) is 0 Å². The molecule has 0 atom stereocenters. The molecule has 0 unspecified atom stereocenters. The highest BCUT2D eigenvalue weighted by Crippen LogP contribution is 2.29. The summed E-state index contributed by atoms with van der Waals surface area (Å²) in [4.78, 5) is 0. The van der Waals surface area contributed by atoms with Crippen LogP contribution >= 0.6 is 0 Å². The first kappa shape index (κ1) is 24.2. The summed E-state index contributed by atoms with van der Waals surface area (Å²) in [5, 5.41) is 0. The van der Waals surface area contributed by atoms with E-state index in [9.17, 15) is 0 Å². The van der Waals surface area contributed by atoms with Gasteiger partial charge in [-0.15, -0.1) is 0 Å². The Bertz CT molecular complexity index is 222. The van der Waals surface area contributed by atoms with Crippen molar-refractivity contribution in [3.63, 3.8) is 0 Å². The molecule has 0 radical (unpaired) electrons. The Labute approximate surface area is 156 Å². The second-order valence-electron chi connectivity index (χ2n) is 8.66. The lowest BCUT2D eigenvalue weighted by Crippen LogP contribution is -2.29. The van der Waals surface area contributed by atoms with Crippen LogP contribution in [0.3, 0.4) is 0 Å². The van der Waals surface area contributed by atoms with Crippen molar-refractivity contribution < 1.29 is 0 Å². The molecule has 0 aromatic carbocycles. The number of hydrogen-bond acceptors (Lipinski definition) is 0. The van der Waals surface area contributed by atoms with Gasteiger partial charge in [0.1, 0.15) is 0 Å². The van der Waals surface area contributed by atoms with Crippen LogP contribution in [0.15, 0.2) is 0 Å². The second kappa shape index (κ2) is 18.0. The third-order valence-electron chi connectivity index (χ3n) is 5.90. The lowest BCUT2D eigenvalue weighted by molar-refractivity contribution is 0.616. The molecule has 0 amide bonds. The minimum Gasteiger partial charge on any atom is -0.0691 e. The van der Waals surface area contributed by atoms with Gasteiger partial charge >= 0.3 is 0 Å². The van der Waals surface area contributed by atoms with Crippen LogP contribution < -0.4 is 0 Å². The summed E-state index contributed by atoms with van der Waals surface area (Å²) in [5.41, 5.74) is 0. The summed E-state index contributed by atoms with van der Waals surface area (Å²) >= 11 is 0. The minimum absolute atomic E-state index is 0.938. The second-order valence-corrected chi connectivity index (χ2v) is 13.8. The molecule has 1 heteroatoms. The van der Waals surface area contributed by atoms with Gasteiger partial charge in [0.25, 0.3) is 0 Å². The highest BCUT2D eigenvalue weighted by Gasteiger charge is 2.25. The average Bonchev–Trinajstić information content (AvgIpc) is 2.58. The number of unbranched alkanes of at least 4 members (excludes halogenated alkanes) is 13. The van der Waals surface area contributed by atoms with Gasteiger partial charge in [-0.05, 0) is 0 Å². The monoisotopic (exact) mass is 354 g/mol. The first-order valence-electron chi connectivity index (χ1n) is 11.7. The number of hydrogen-bond donors (Lipinski definition) is 0. The van der Waals surface area contributed by atoms with Crippen LogP contribution in [0.5, 0.6) is 0 Å². The Morgan fingerprint density at radius 3 is 0.917 bits per heavy atom. The molecule has 0 aromatic heterocycles. The van der Waals surface area contributed by atoms with Crippen LogP contribution in [0.1, 0.15) is 124 Å². The SMILES string of the molecule is CCCCCCCC[Si](C)(CCCCCCC)CCCCCCC. The van der Waals surface area contributed by atoms with Crippen molar-refractivity contribution >= 4 is 8.07 Å². The third-order valence-corrected chi connectivity index (χ3v) is 10.6. The van der Waals surface area contributed by atoms with E-state index in [1.165, 1.54) is 103 Å². The molecule has 0 saturated heterocycles. The van der Waals surface area contributed by atoms with E-state index in [1.807, 2.05) is 0 Å². The predicted octanol–water partition coefficient (Wildman–Crippen LogP) is 9.37. The molecule has 146 valence electrons. The van der Waals surface area contributed by atoms with Crippen LogP contribution in [0.25, 0.3) is 0 Å². The van der Waals surface area contributed by atoms with E-state index in [0.717, 1.165) is 0 Å². The lowest BCUT2D eigenvalue weighted by Gasteiger charge is -2.28. The van der Waals surface area contributed by atoms with E-state index < -0.39 is 8.07 Å². The molecule has 0 fully saturated rings. The maximum atomic E-state index is 2.75. The average molecular weight is 355 g/mol. The maximum Gasteiger partial charge on any atom is 0.0504 e. The van der Waals surface area contributed by atoms with E-state index in [4.69, 9.17) is 0 Å². The van der Waals surface area contributed by atoms with Gasteiger partial charge in [-0.1, -0.05) is 148 Å². The smallest absolute Gasteiger partial charge is 0.0504 e. The highest BCUT2D eigenvalue weighted by atomic mass is 28.3. The molecule has 0 aromatic rings. The van der Waals surface area contributed by atoms with E-state index in [-0.39, 0.29) is 0 Å². The van der Waals surface area contributed by atoms with E-state index in [2.05, 4.69) is 27.3 Å². The van der Waals surface area contributed by atoms with Gasteiger partial charge in [0, 0.05) is 0 Å². The quantitative estimate of drug-likeness (QED) is 0.160. The first-order valence-corrected chi connectivity index (χ1v) is 14.8. The van der Waals surface area contributed by atoms with Gasteiger partial charge in [-0.3, -0.25) is 0 Å². The van der Waals surface area contributed by atoms with E-state index in [0.29, 0.717) is 0 Å². The van der Waals surface area contributed by atoms with E-state index >= 15 is 0 Å². The van der Waals surface area contributed by atoms with Crippen molar-refractivity contribution in [1.82, 2.24) is 0 Å². The molecule has 0 aliphatic rings. The molecule has 0 aliphatic heterocycles. The minimum atomic E-state index is -0.938. The van der Waals surface area contributed by atoms with Gasteiger partial charge < -0.3 is 0 Å². The molecule has 0 nitrogen and oxygen atoms in total. The van der Waals surface area contributed by atoms with Gasteiger partial charge in [0.15, 0.2) is 0 Å². The predicted molar refractivity (Wildman–Crippen MR) is 117 cm³/mol. The Morgan fingerprint density at radius 1 is 0.375 bits per heavy atom. The Morgan fingerprint density at radius 2 is 0.625 bits per heavy atom. The van der Waals surface area contributed by atoms with Crippen molar-refractivity contribution in [3.05, 3.63) is 0 Å². The van der Waals surface area contributed by atoms with Crippen molar-refractivity contribution in [2.75, 3.05) is 0 Å². The maximum absolute atomic E-state index is 2.75. The largest absolute Gasteiger partial charge is 0.0691 e. The zero-order valence-electron chi connectivity index (χ0n) is 17.9. The normalized spacial score (nSPS) is 12.0. The Kier molecular flexibility index (Phi) is 18.2. The van der Waals surface area contributed by atoms with Crippen molar-refractivity contribution in [2.45, 2.75) is 148 Å². The summed E-state index contributed by atoms with van der Waals surface area (Å²) in [7, 11) is -0.938. The molecule has 0 spiro atoms. The molecule has 0 heterocycles. The van der Waals surface area contributed by atoms with Crippen molar-refractivity contribution in [3.8, 4) is 0 Å². The molecule has 24 heavy (non-hydrogen) atoms. The third kappa shape index (κ3) is 15.7. The Balaban J connectivity index is 4.00. The van der Waals surface area contributed by atoms with Crippen molar-refractivity contribution in [2.24, 2.45) is 0 Å². The summed E-state index contributed by atoms with van der Waals surface area (Å²) in [5.74, 6) is 0. The fraction of sp³-hybridized carbons (Fsp3) is 1.00. The van der Waals surface area contributed by atoms with Gasteiger partial charge in [-0.2, -0.15) is 0 Å². The molecular weight excluding hydrogens is 304 g/mol. The topological polar surface area (TPSA) is 0 Å². The van der Waals surface area contributed by atoms with Gasteiger partial charge in [0.05, 0.1) is 8.07 Å². The summed E-state index contributed by atoms with van der Waals surface area (Å²) in [6.45, 7) is 9.72. The summed E-state index contributed by atoms with van der Waals surface area (Å²) < 4.78 is 0. The zero-order chi connectivity index (χ0) is 17.9. The molecule has 0 bridgehead atoms. The molecule has 0 rings (SSSR count). The fourth-order valence-corrected chi connectivity index (χ4v) is 8.08. The standard InChI is InChI=1S/C23H50Si/c1-5-8-11-14-17-20-23-24(4,21-18-15-12-9-6-2)22-19-16-13-10-7-3/h5-23H2,1-4H3. The van der Waals surface area contributed by atoms with Crippen molar-refractivity contribution in [1.29, 1.82) is 0 Å². The Hall–Kier alpha value is 0.217. The first-order chi connectivity index (χ1) is 11.7. The van der Waals surface area contributed by atoms with Crippen LogP contribution in [-0.4, -0.2) is 8.07 Å². The fourth-order valence-electron chi connectivity index (χ4n) is 4.02. The lowest BCUT2D eigenvalue weighted by atomic mass is 10.1. The number of rotatable bonds is 19. The molecular formula is C23H50Si. The molecule has 0 saturated carbocycles. The zero-order valence-corrected chi connectivity index (χ0v) is 18.9. The highest BCUT2D eigenvalue weighted by molar-refractivity contribution is 6.78. The van der Waals surface area contributed by atoms with E-state index in [1.54, 1.807) is 18.1 Å².